The molecular formula is C39H34BNOS. The van der Waals surface area contributed by atoms with Gasteiger partial charge in [0, 0.05) is 21.2 Å². The van der Waals surface area contributed by atoms with Crippen molar-refractivity contribution in [2.75, 3.05) is 23.6 Å². The molecule has 2 aliphatic heterocycles. The first-order chi connectivity index (χ1) is 20.9. The zero-order chi connectivity index (χ0) is 29.2. The molecule has 2 heterocycles. The van der Waals surface area contributed by atoms with Crippen molar-refractivity contribution >= 4 is 38.3 Å². The molecule has 0 spiro atoms. The van der Waals surface area contributed by atoms with Crippen molar-refractivity contribution in [2.45, 2.75) is 9.79 Å². The van der Waals surface area contributed by atoms with E-state index < -0.39 is 9.16 Å². The van der Waals surface area contributed by atoms with Crippen molar-refractivity contribution in [3.05, 3.63) is 146 Å². The van der Waals surface area contributed by atoms with Crippen molar-refractivity contribution in [1.82, 2.24) is 0 Å². The van der Waals surface area contributed by atoms with Crippen molar-refractivity contribution in [3.63, 3.8) is 0 Å². The Bertz CT molecular complexity index is 1870. The SMILES string of the molecule is C[SH]1(C)(C)c2ccc(-c3ccccc3)cc2N(B2c3ccccc3Oc3ccccc32)c2cc(-c3ccccc3)ccc21. The minimum Gasteiger partial charge on any atom is -0.458 e. The third-order valence-corrected chi connectivity index (χ3v) is 13.4. The van der Waals surface area contributed by atoms with Gasteiger partial charge in [0.2, 0.25) is 0 Å². The summed E-state index contributed by atoms with van der Waals surface area (Å²) in [7, 11) is -2.55. The highest BCUT2D eigenvalue weighted by molar-refractivity contribution is 8.48. The Morgan fingerprint density at radius 2 is 0.884 bits per heavy atom. The number of anilines is 2. The van der Waals surface area contributed by atoms with Gasteiger partial charge in [-0.1, -0.05) is 109 Å². The molecule has 0 fully saturated rings. The summed E-state index contributed by atoms with van der Waals surface area (Å²) >= 11 is 0. The molecule has 2 aliphatic rings. The molecule has 0 aliphatic carbocycles. The summed E-state index contributed by atoms with van der Waals surface area (Å²) in [4.78, 5) is 5.49. The van der Waals surface area contributed by atoms with Gasteiger partial charge < -0.3 is 9.55 Å². The third-order valence-electron chi connectivity index (χ3n) is 9.28. The minimum atomic E-state index is -2.55. The van der Waals surface area contributed by atoms with Gasteiger partial charge in [-0.3, -0.25) is 0 Å². The van der Waals surface area contributed by atoms with E-state index in [1.807, 2.05) is 0 Å². The quantitative estimate of drug-likeness (QED) is 0.167. The number of benzene rings is 6. The van der Waals surface area contributed by atoms with E-state index in [9.17, 15) is 0 Å². The molecule has 8 rings (SSSR count). The van der Waals surface area contributed by atoms with Crippen LogP contribution in [0.3, 0.4) is 0 Å². The van der Waals surface area contributed by atoms with E-state index >= 15 is 0 Å². The fourth-order valence-corrected chi connectivity index (χ4v) is 10.5. The predicted octanol–water partition coefficient (Wildman–Crippen LogP) is 8.76. The predicted molar refractivity (Wildman–Crippen MR) is 187 cm³/mol. The van der Waals surface area contributed by atoms with Crippen LogP contribution in [0.15, 0.2) is 155 Å². The van der Waals surface area contributed by atoms with Crippen LogP contribution in [0.25, 0.3) is 22.3 Å². The van der Waals surface area contributed by atoms with Crippen LogP contribution in [0.4, 0.5) is 11.4 Å². The molecule has 210 valence electrons. The van der Waals surface area contributed by atoms with E-state index in [4.69, 9.17) is 4.74 Å². The fourth-order valence-electron chi connectivity index (χ4n) is 7.08. The lowest BCUT2D eigenvalue weighted by Crippen LogP contribution is -2.58. The second-order valence-corrected chi connectivity index (χ2v) is 19.4. The Morgan fingerprint density at radius 1 is 0.465 bits per heavy atom. The number of rotatable bonds is 3. The second kappa shape index (κ2) is 9.42. The van der Waals surface area contributed by atoms with Gasteiger partial charge in [-0.15, -0.1) is 0 Å². The Morgan fingerprint density at radius 3 is 1.35 bits per heavy atom. The third kappa shape index (κ3) is 4.05. The lowest BCUT2D eigenvalue weighted by molar-refractivity contribution is 0.487. The molecule has 0 atom stereocenters. The maximum Gasteiger partial charge on any atom is 0.335 e. The molecule has 0 amide bonds. The molecule has 0 N–H and O–H groups in total. The fraction of sp³-hybridized carbons (Fsp3) is 0.0769. The molecule has 43 heavy (non-hydrogen) atoms. The van der Waals surface area contributed by atoms with Crippen LogP contribution in [-0.2, 0) is 0 Å². The van der Waals surface area contributed by atoms with Crippen LogP contribution in [0, 0.1) is 0 Å². The van der Waals surface area contributed by atoms with Crippen LogP contribution >= 0.6 is 9.16 Å². The Balaban J connectivity index is 1.47. The van der Waals surface area contributed by atoms with Gasteiger partial charge in [0.25, 0.3) is 0 Å². The molecule has 0 unspecified atom stereocenters. The number of ether oxygens (including phenoxy) is 1. The Labute approximate surface area is 255 Å². The Kier molecular flexibility index (Phi) is 5.70. The summed E-state index contributed by atoms with van der Waals surface area (Å²) in [5.74, 6) is 1.83. The first-order valence-electron chi connectivity index (χ1n) is 14.9. The highest BCUT2D eigenvalue weighted by Gasteiger charge is 2.46. The van der Waals surface area contributed by atoms with Crippen molar-refractivity contribution in [3.8, 4) is 33.8 Å². The van der Waals surface area contributed by atoms with Gasteiger partial charge >= 0.3 is 6.85 Å². The van der Waals surface area contributed by atoms with Gasteiger partial charge in [-0.2, -0.15) is 0 Å². The molecule has 6 aromatic carbocycles. The van der Waals surface area contributed by atoms with E-state index in [1.54, 1.807) is 0 Å². The van der Waals surface area contributed by atoms with E-state index in [0.29, 0.717) is 0 Å². The molecule has 0 aromatic heterocycles. The lowest BCUT2D eigenvalue weighted by atomic mass is 9.47. The van der Waals surface area contributed by atoms with Crippen LogP contribution in [0.5, 0.6) is 11.5 Å². The Hall–Kier alpha value is -4.67. The molecule has 0 radical (unpaired) electrons. The average molecular weight is 576 g/mol. The molecule has 2 nitrogen and oxygen atoms in total. The highest BCUT2D eigenvalue weighted by Crippen LogP contribution is 2.79. The van der Waals surface area contributed by atoms with Crippen LogP contribution in [-0.4, -0.2) is 25.6 Å². The van der Waals surface area contributed by atoms with Gasteiger partial charge in [-0.25, -0.2) is 9.16 Å². The smallest absolute Gasteiger partial charge is 0.335 e. The number of nitrogens with zero attached hydrogens (tertiary/aromatic N) is 1. The van der Waals surface area contributed by atoms with E-state index in [0.717, 1.165) is 11.5 Å². The van der Waals surface area contributed by atoms with Crippen molar-refractivity contribution in [1.29, 1.82) is 0 Å². The summed E-state index contributed by atoms with van der Waals surface area (Å²) in [5, 5.41) is 0. The van der Waals surface area contributed by atoms with Crippen LogP contribution in [0.1, 0.15) is 0 Å². The van der Waals surface area contributed by atoms with Gasteiger partial charge in [0.1, 0.15) is 11.5 Å². The summed E-state index contributed by atoms with van der Waals surface area (Å²) in [6.45, 7) is -0.0528. The summed E-state index contributed by atoms with van der Waals surface area (Å²) in [6, 6.07) is 52.9. The van der Waals surface area contributed by atoms with E-state index in [2.05, 4.69) is 169 Å². The number of hydrogen-bond acceptors (Lipinski definition) is 2. The van der Waals surface area contributed by atoms with Crippen LogP contribution < -0.4 is 20.5 Å². The average Bonchev–Trinajstić information content (AvgIpc) is 3.04. The molecule has 6 aromatic rings. The topological polar surface area (TPSA) is 12.5 Å². The van der Waals surface area contributed by atoms with Crippen LogP contribution in [0.2, 0.25) is 0 Å². The maximum atomic E-state index is 6.50. The number of thiol groups is 1. The molecule has 4 heteroatoms. The minimum absolute atomic E-state index is 0.0528. The number of para-hydroxylation sites is 2. The monoisotopic (exact) mass is 575 g/mol. The van der Waals surface area contributed by atoms with Gasteiger partial charge in [-0.05, 0) is 88.3 Å². The summed E-state index contributed by atoms with van der Waals surface area (Å²) in [5.41, 5.74) is 9.83. The summed E-state index contributed by atoms with van der Waals surface area (Å²) < 4.78 is 6.50. The maximum absolute atomic E-state index is 6.50. The number of hydrogen-bond donors (Lipinski definition) is 1. The van der Waals surface area contributed by atoms with E-state index in [1.165, 1.54) is 54.3 Å². The van der Waals surface area contributed by atoms with Gasteiger partial charge in [0.05, 0.1) is 0 Å². The van der Waals surface area contributed by atoms with Crippen molar-refractivity contribution in [2.24, 2.45) is 0 Å². The first kappa shape index (κ1) is 26.0. The standard InChI is InChI=1S/C39H34BNOS/c1-43(2,3)38-24-22-30(28-14-6-4-7-15-28)26-34(38)41(35-27-31(23-25-39(35)43)29-16-8-5-9-17-29)40-32-18-10-12-20-36(32)42-37-21-13-11-19-33(37)40/h4-27,43H,1-3H3. The van der Waals surface area contributed by atoms with E-state index in [-0.39, 0.29) is 6.85 Å². The second-order valence-electron chi connectivity index (χ2n) is 12.9. The highest BCUT2D eigenvalue weighted by atomic mass is 32.3. The molecule has 0 bridgehead atoms. The normalized spacial score (nSPS) is 16.4. The van der Waals surface area contributed by atoms with Gasteiger partial charge in [0.15, 0.2) is 0 Å². The zero-order valence-corrected chi connectivity index (χ0v) is 25.6. The lowest BCUT2D eigenvalue weighted by Gasteiger charge is -2.60. The first-order valence-corrected chi connectivity index (χ1v) is 18.5. The molecular weight excluding hydrogens is 541 g/mol. The summed E-state index contributed by atoms with van der Waals surface area (Å²) in [6.07, 6.45) is 7.53. The number of fused-ring (bicyclic) bond motifs is 4. The van der Waals surface area contributed by atoms with Crippen molar-refractivity contribution < 1.29 is 4.74 Å². The largest absolute Gasteiger partial charge is 0.458 e. The molecule has 0 saturated heterocycles. The molecule has 0 saturated carbocycles. The zero-order valence-electron chi connectivity index (χ0n) is 24.7.